The van der Waals surface area contributed by atoms with E-state index in [1.54, 1.807) is 0 Å². The molecule has 5 atom stereocenters. The SMILES string of the molecule is CC1(C)[C@H]2C[C@@H]3OB([C@H]4CCCN4)OC3(C)[C@@H]1C2. The standard InChI is InChI=1S/C14H24BNO2/c1-13(2)9-7-10(13)14(3)11(8-9)17-15(18-14)12-5-4-6-16-12/h9-12,16H,4-8H2,1-3H3/t9-,10-,11+,12-,14?/m1/s1. The van der Waals surface area contributed by atoms with Crippen LogP contribution in [0.4, 0.5) is 0 Å². The molecule has 2 bridgehead atoms. The molecule has 0 aromatic rings. The van der Waals surface area contributed by atoms with Crippen LogP contribution in [0.15, 0.2) is 0 Å². The zero-order chi connectivity index (χ0) is 12.5. The third kappa shape index (κ3) is 1.32. The average molecular weight is 249 g/mol. The number of rotatable bonds is 1. The highest BCUT2D eigenvalue weighted by Crippen LogP contribution is 2.65. The summed E-state index contributed by atoms with van der Waals surface area (Å²) in [5.74, 6) is 1.95. The van der Waals surface area contributed by atoms with Crippen LogP contribution in [0.1, 0.15) is 46.5 Å². The Hall–Kier alpha value is -0.0551. The maximum absolute atomic E-state index is 6.44. The van der Waals surface area contributed by atoms with Crippen molar-refractivity contribution in [3.05, 3.63) is 0 Å². The molecule has 2 heterocycles. The minimum absolute atomic E-state index is 0.00218. The molecule has 0 aromatic carbocycles. The Morgan fingerprint density at radius 3 is 2.72 bits per heavy atom. The van der Waals surface area contributed by atoms with Gasteiger partial charge in [-0.25, -0.2) is 0 Å². The fourth-order valence-electron chi connectivity index (χ4n) is 5.01. The van der Waals surface area contributed by atoms with Crippen molar-refractivity contribution in [3.8, 4) is 0 Å². The van der Waals surface area contributed by atoms with Gasteiger partial charge in [-0.1, -0.05) is 13.8 Å². The first kappa shape index (κ1) is 11.7. The Morgan fingerprint density at radius 2 is 2.06 bits per heavy atom. The lowest BCUT2D eigenvalue weighted by Crippen LogP contribution is -2.65. The van der Waals surface area contributed by atoms with E-state index in [0.717, 1.165) is 12.5 Å². The second kappa shape index (κ2) is 3.53. The highest BCUT2D eigenvalue weighted by molar-refractivity contribution is 6.47. The lowest BCUT2D eigenvalue weighted by atomic mass is 9.43. The van der Waals surface area contributed by atoms with Crippen LogP contribution in [0, 0.1) is 17.3 Å². The van der Waals surface area contributed by atoms with Gasteiger partial charge in [0.1, 0.15) is 0 Å². The van der Waals surface area contributed by atoms with Gasteiger partial charge in [-0.05, 0) is 56.4 Å². The normalized spacial score (nSPS) is 53.2. The topological polar surface area (TPSA) is 30.5 Å². The molecule has 100 valence electrons. The molecule has 2 saturated heterocycles. The van der Waals surface area contributed by atoms with Crippen LogP contribution in [0.5, 0.6) is 0 Å². The molecule has 1 unspecified atom stereocenters. The van der Waals surface area contributed by atoms with Crippen molar-refractivity contribution >= 4 is 7.12 Å². The highest BCUT2D eigenvalue weighted by atomic mass is 16.7. The molecule has 18 heavy (non-hydrogen) atoms. The van der Waals surface area contributed by atoms with Gasteiger partial charge in [0, 0.05) is 5.94 Å². The molecular formula is C14H24BNO2. The van der Waals surface area contributed by atoms with Gasteiger partial charge in [-0.3, -0.25) is 0 Å². The van der Waals surface area contributed by atoms with E-state index < -0.39 is 0 Å². The van der Waals surface area contributed by atoms with Crippen molar-refractivity contribution in [1.82, 2.24) is 5.32 Å². The molecule has 3 saturated carbocycles. The minimum atomic E-state index is -0.0345. The smallest absolute Gasteiger partial charge is 0.404 e. The second-order valence-corrected chi connectivity index (χ2v) is 7.54. The summed E-state index contributed by atoms with van der Waals surface area (Å²) in [5, 5.41) is 3.52. The molecule has 4 heteroatoms. The number of hydrogen-bond donors (Lipinski definition) is 1. The van der Waals surface area contributed by atoms with E-state index in [-0.39, 0.29) is 12.7 Å². The first-order chi connectivity index (χ1) is 8.52. The maximum Gasteiger partial charge on any atom is 0.475 e. The van der Waals surface area contributed by atoms with Gasteiger partial charge in [-0.2, -0.15) is 0 Å². The zero-order valence-corrected chi connectivity index (χ0v) is 11.7. The Kier molecular flexibility index (Phi) is 2.30. The number of hydrogen-bond acceptors (Lipinski definition) is 3. The Bertz CT molecular complexity index is 369. The summed E-state index contributed by atoms with van der Waals surface area (Å²) >= 11 is 0. The molecule has 3 aliphatic carbocycles. The zero-order valence-electron chi connectivity index (χ0n) is 11.7. The third-order valence-electron chi connectivity index (χ3n) is 6.40. The molecule has 0 amide bonds. The van der Waals surface area contributed by atoms with Crippen molar-refractivity contribution in [3.63, 3.8) is 0 Å². The first-order valence-corrected chi connectivity index (χ1v) is 7.58. The summed E-state index contributed by atoms with van der Waals surface area (Å²) in [6.45, 7) is 8.25. The van der Waals surface area contributed by atoms with Gasteiger partial charge in [0.15, 0.2) is 0 Å². The summed E-state index contributed by atoms with van der Waals surface area (Å²) in [5.41, 5.74) is 0.416. The molecule has 0 spiro atoms. The van der Waals surface area contributed by atoms with E-state index >= 15 is 0 Å². The van der Waals surface area contributed by atoms with Crippen molar-refractivity contribution in [1.29, 1.82) is 0 Å². The fraction of sp³-hybridized carbons (Fsp3) is 1.00. The van der Waals surface area contributed by atoms with Crippen LogP contribution in [0.2, 0.25) is 0 Å². The second-order valence-electron chi connectivity index (χ2n) is 7.54. The van der Waals surface area contributed by atoms with E-state index in [1.807, 2.05) is 0 Å². The summed E-state index contributed by atoms with van der Waals surface area (Å²) < 4.78 is 12.7. The molecule has 0 aromatic heterocycles. The molecule has 2 aliphatic heterocycles. The third-order valence-corrected chi connectivity index (χ3v) is 6.40. The molecule has 5 fully saturated rings. The average Bonchev–Trinajstić information content (AvgIpc) is 2.92. The van der Waals surface area contributed by atoms with Crippen LogP contribution in [-0.2, 0) is 9.31 Å². The summed E-state index contributed by atoms with van der Waals surface area (Å²) in [7, 11) is -0.00218. The number of nitrogens with one attached hydrogen (secondary N) is 1. The summed E-state index contributed by atoms with van der Waals surface area (Å²) in [4.78, 5) is 0. The molecule has 5 aliphatic rings. The van der Waals surface area contributed by atoms with E-state index in [4.69, 9.17) is 9.31 Å². The largest absolute Gasteiger partial charge is 0.475 e. The van der Waals surface area contributed by atoms with Crippen molar-refractivity contribution in [2.45, 2.75) is 64.1 Å². The predicted octanol–water partition coefficient (Wildman–Crippen LogP) is 2.01. The molecule has 5 rings (SSSR count). The Balaban J connectivity index is 1.57. The lowest BCUT2D eigenvalue weighted by Gasteiger charge is -2.64. The Labute approximate surface area is 110 Å². The van der Waals surface area contributed by atoms with E-state index in [1.165, 1.54) is 25.7 Å². The predicted molar refractivity (Wildman–Crippen MR) is 71.1 cm³/mol. The molecule has 3 nitrogen and oxygen atoms in total. The maximum atomic E-state index is 6.44. The summed E-state index contributed by atoms with van der Waals surface area (Å²) in [6.07, 6.45) is 5.33. The summed E-state index contributed by atoms with van der Waals surface area (Å²) in [6, 6.07) is 0. The van der Waals surface area contributed by atoms with Gasteiger partial charge in [0.05, 0.1) is 11.7 Å². The molecular weight excluding hydrogens is 225 g/mol. The quantitative estimate of drug-likeness (QED) is 0.721. The lowest BCUT2D eigenvalue weighted by molar-refractivity contribution is -0.199. The van der Waals surface area contributed by atoms with E-state index in [0.29, 0.717) is 23.4 Å². The monoisotopic (exact) mass is 249 g/mol. The van der Waals surface area contributed by atoms with Crippen molar-refractivity contribution in [2.75, 3.05) is 6.54 Å². The van der Waals surface area contributed by atoms with Crippen LogP contribution in [0.3, 0.4) is 0 Å². The van der Waals surface area contributed by atoms with Gasteiger partial charge in [0.2, 0.25) is 0 Å². The van der Waals surface area contributed by atoms with Gasteiger partial charge in [0.25, 0.3) is 0 Å². The van der Waals surface area contributed by atoms with Gasteiger partial charge >= 0.3 is 7.12 Å². The minimum Gasteiger partial charge on any atom is -0.404 e. The highest BCUT2D eigenvalue weighted by Gasteiger charge is 2.68. The van der Waals surface area contributed by atoms with E-state index in [9.17, 15) is 0 Å². The fourth-order valence-corrected chi connectivity index (χ4v) is 5.01. The molecule has 0 radical (unpaired) electrons. The van der Waals surface area contributed by atoms with E-state index in [2.05, 4.69) is 26.1 Å². The first-order valence-electron chi connectivity index (χ1n) is 7.58. The van der Waals surface area contributed by atoms with Crippen LogP contribution >= 0.6 is 0 Å². The molecule has 1 N–H and O–H groups in total. The van der Waals surface area contributed by atoms with Crippen LogP contribution in [0.25, 0.3) is 0 Å². The van der Waals surface area contributed by atoms with Gasteiger partial charge < -0.3 is 14.6 Å². The van der Waals surface area contributed by atoms with Gasteiger partial charge in [-0.15, -0.1) is 0 Å². The van der Waals surface area contributed by atoms with Crippen molar-refractivity contribution in [2.24, 2.45) is 17.3 Å². The Morgan fingerprint density at radius 1 is 1.22 bits per heavy atom. The van der Waals surface area contributed by atoms with Crippen molar-refractivity contribution < 1.29 is 9.31 Å². The van der Waals surface area contributed by atoms with Crippen LogP contribution < -0.4 is 5.32 Å². The van der Waals surface area contributed by atoms with Crippen LogP contribution in [-0.4, -0.2) is 31.3 Å².